The quantitative estimate of drug-likeness (QED) is 0.919. The van der Waals surface area contributed by atoms with Crippen molar-refractivity contribution < 1.29 is 22.7 Å². The lowest BCUT2D eigenvalue weighted by atomic mass is 10.2. The fraction of sp³-hybridized carbons (Fsp3) is 0.500. The maximum absolute atomic E-state index is 12.2. The van der Waals surface area contributed by atoms with Crippen LogP contribution in [-0.2, 0) is 4.79 Å². The van der Waals surface area contributed by atoms with Gasteiger partial charge in [0.15, 0.2) is 0 Å². The molecule has 0 unspecified atom stereocenters. The number of hydrogen-bond donors (Lipinski definition) is 1. The third-order valence-electron chi connectivity index (χ3n) is 3.40. The lowest BCUT2D eigenvalue weighted by Gasteiger charge is -2.22. The number of nitrogens with zero attached hydrogens (tertiary/aromatic N) is 1. The molecule has 1 heterocycles. The SMILES string of the molecule is COc1ccc(Cl)cc1N1CC[C@H](NC(=O)CC(F)(F)F)C1. The Bertz CT molecular complexity index is 551. The number of anilines is 1. The van der Waals surface area contributed by atoms with Crippen molar-refractivity contribution in [1.82, 2.24) is 5.32 Å². The molecule has 1 fully saturated rings. The molecule has 122 valence electrons. The molecule has 1 N–H and O–H groups in total. The second-order valence-corrected chi connectivity index (χ2v) is 5.54. The third kappa shape index (κ3) is 4.43. The Morgan fingerprint density at radius 3 is 2.86 bits per heavy atom. The Morgan fingerprint density at radius 2 is 2.23 bits per heavy atom. The van der Waals surface area contributed by atoms with Gasteiger partial charge in [0.05, 0.1) is 12.8 Å². The van der Waals surface area contributed by atoms with Gasteiger partial charge in [-0.25, -0.2) is 0 Å². The number of rotatable bonds is 4. The predicted octanol–water partition coefficient (Wildman–Crippen LogP) is 3.00. The summed E-state index contributed by atoms with van der Waals surface area (Å²) in [5.41, 5.74) is 0.766. The van der Waals surface area contributed by atoms with Crippen LogP contribution in [0.1, 0.15) is 12.8 Å². The van der Waals surface area contributed by atoms with E-state index in [1.807, 2.05) is 4.90 Å². The van der Waals surface area contributed by atoms with Crippen LogP contribution in [0.4, 0.5) is 18.9 Å². The molecule has 1 saturated heterocycles. The number of hydrogen-bond acceptors (Lipinski definition) is 3. The molecule has 0 spiro atoms. The summed E-state index contributed by atoms with van der Waals surface area (Å²) in [6.07, 6.45) is -5.37. The molecule has 0 aliphatic carbocycles. The number of carbonyl (C=O) groups is 1. The molecule has 1 atom stereocenters. The number of halogens is 4. The Balaban J connectivity index is 1.98. The summed E-state index contributed by atoms with van der Waals surface area (Å²) in [6, 6.07) is 4.84. The van der Waals surface area contributed by atoms with Crippen LogP contribution in [0.3, 0.4) is 0 Å². The molecular formula is C14H16ClF3N2O2. The van der Waals surface area contributed by atoms with E-state index in [4.69, 9.17) is 16.3 Å². The summed E-state index contributed by atoms with van der Waals surface area (Å²) in [7, 11) is 1.53. The summed E-state index contributed by atoms with van der Waals surface area (Å²) >= 11 is 5.97. The Hall–Kier alpha value is -1.63. The molecule has 2 rings (SSSR count). The summed E-state index contributed by atoms with van der Waals surface area (Å²) in [5, 5.41) is 2.95. The maximum atomic E-state index is 12.2. The van der Waals surface area contributed by atoms with Crippen LogP contribution in [0.2, 0.25) is 5.02 Å². The third-order valence-corrected chi connectivity index (χ3v) is 3.63. The zero-order chi connectivity index (χ0) is 16.3. The fourth-order valence-corrected chi connectivity index (χ4v) is 2.63. The van der Waals surface area contributed by atoms with Crippen molar-refractivity contribution >= 4 is 23.2 Å². The molecule has 0 bridgehead atoms. The molecule has 0 aromatic heterocycles. The van der Waals surface area contributed by atoms with Crippen molar-refractivity contribution in [2.45, 2.75) is 25.1 Å². The van der Waals surface area contributed by atoms with E-state index in [0.29, 0.717) is 30.3 Å². The van der Waals surface area contributed by atoms with Crippen LogP contribution in [0.25, 0.3) is 0 Å². The van der Waals surface area contributed by atoms with Crippen LogP contribution in [-0.4, -0.2) is 38.3 Å². The molecular weight excluding hydrogens is 321 g/mol. The van der Waals surface area contributed by atoms with Crippen LogP contribution < -0.4 is 15.0 Å². The first-order chi connectivity index (χ1) is 10.3. The first-order valence-electron chi connectivity index (χ1n) is 6.73. The first kappa shape index (κ1) is 16.7. The number of methoxy groups -OCH3 is 1. The van der Waals surface area contributed by atoms with E-state index in [2.05, 4.69) is 5.32 Å². The predicted molar refractivity (Wildman–Crippen MR) is 77.4 cm³/mol. The number of carbonyl (C=O) groups excluding carboxylic acids is 1. The van der Waals surface area contributed by atoms with Gasteiger partial charge in [-0.05, 0) is 24.6 Å². The van der Waals surface area contributed by atoms with Gasteiger partial charge in [0.2, 0.25) is 5.91 Å². The van der Waals surface area contributed by atoms with E-state index < -0.39 is 18.5 Å². The van der Waals surface area contributed by atoms with E-state index >= 15 is 0 Å². The molecule has 1 aliphatic heterocycles. The Labute approximate surface area is 131 Å². The normalized spacial score (nSPS) is 18.4. The Kier molecular flexibility index (Phi) is 5.05. The first-order valence-corrected chi connectivity index (χ1v) is 7.11. The molecule has 4 nitrogen and oxygen atoms in total. The minimum Gasteiger partial charge on any atom is -0.495 e. The molecule has 1 amide bonds. The van der Waals surface area contributed by atoms with E-state index in [1.165, 1.54) is 7.11 Å². The highest BCUT2D eigenvalue weighted by Gasteiger charge is 2.33. The van der Waals surface area contributed by atoms with Gasteiger partial charge in [-0.3, -0.25) is 4.79 Å². The van der Waals surface area contributed by atoms with Gasteiger partial charge in [-0.15, -0.1) is 0 Å². The average molecular weight is 337 g/mol. The average Bonchev–Trinajstić information content (AvgIpc) is 2.84. The van der Waals surface area contributed by atoms with Gasteiger partial charge in [0.25, 0.3) is 0 Å². The van der Waals surface area contributed by atoms with Crippen molar-refractivity contribution in [2.75, 3.05) is 25.1 Å². The summed E-state index contributed by atoms with van der Waals surface area (Å²) < 4.78 is 41.7. The second kappa shape index (κ2) is 6.64. The van der Waals surface area contributed by atoms with Gasteiger partial charge in [0.1, 0.15) is 12.2 Å². The number of ether oxygens (including phenoxy) is 1. The second-order valence-electron chi connectivity index (χ2n) is 5.11. The van der Waals surface area contributed by atoms with Gasteiger partial charge >= 0.3 is 6.18 Å². The molecule has 1 aromatic carbocycles. The van der Waals surface area contributed by atoms with E-state index in [1.54, 1.807) is 18.2 Å². The topological polar surface area (TPSA) is 41.6 Å². The lowest BCUT2D eigenvalue weighted by Crippen LogP contribution is -2.39. The van der Waals surface area contributed by atoms with Gasteiger partial charge in [-0.1, -0.05) is 11.6 Å². The van der Waals surface area contributed by atoms with Gasteiger partial charge in [0, 0.05) is 24.2 Å². The van der Waals surface area contributed by atoms with Crippen molar-refractivity contribution in [3.05, 3.63) is 23.2 Å². The Morgan fingerprint density at radius 1 is 1.50 bits per heavy atom. The highest BCUT2D eigenvalue weighted by atomic mass is 35.5. The van der Waals surface area contributed by atoms with Gasteiger partial charge in [-0.2, -0.15) is 13.2 Å². The highest BCUT2D eigenvalue weighted by Crippen LogP contribution is 2.33. The van der Waals surface area contributed by atoms with Crippen molar-refractivity contribution in [2.24, 2.45) is 0 Å². The van der Waals surface area contributed by atoms with Crippen molar-refractivity contribution in [3.8, 4) is 5.75 Å². The summed E-state index contributed by atoms with van der Waals surface area (Å²) in [5.74, 6) is -0.371. The zero-order valence-corrected chi connectivity index (χ0v) is 12.7. The number of amides is 1. The van der Waals surface area contributed by atoms with Crippen LogP contribution in [0.15, 0.2) is 18.2 Å². The van der Waals surface area contributed by atoms with Crippen LogP contribution in [0.5, 0.6) is 5.75 Å². The monoisotopic (exact) mass is 336 g/mol. The molecule has 22 heavy (non-hydrogen) atoms. The van der Waals surface area contributed by atoms with E-state index in [-0.39, 0.29) is 6.04 Å². The van der Waals surface area contributed by atoms with Gasteiger partial charge < -0.3 is 15.0 Å². The number of benzene rings is 1. The largest absolute Gasteiger partial charge is 0.495 e. The zero-order valence-electron chi connectivity index (χ0n) is 11.9. The maximum Gasteiger partial charge on any atom is 0.397 e. The lowest BCUT2D eigenvalue weighted by molar-refractivity contribution is -0.154. The van der Waals surface area contributed by atoms with Crippen LogP contribution in [0, 0.1) is 0 Å². The van der Waals surface area contributed by atoms with Crippen molar-refractivity contribution in [1.29, 1.82) is 0 Å². The standard InChI is InChI=1S/C14H16ClF3N2O2/c1-22-12-3-2-9(15)6-11(12)20-5-4-10(8-20)19-13(21)7-14(16,17)18/h2-3,6,10H,4-5,7-8H2,1H3,(H,19,21)/t10-/m0/s1. The molecule has 1 aromatic rings. The molecule has 1 aliphatic rings. The highest BCUT2D eigenvalue weighted by molar-refractivity contribution is 6.30. The number of alkyl halides is 3. The summed E-state index contributed by atoms with van der Waals surface area (Å²) in [6.45, 7) is 1.02. The minimum atomic E-state index is -4.49. The smallest absolute Gasteiger partial charge is 0.397 e. The molecule has 0 saturated carbocycles. The molecule has 0 radical (unpaired) electrons. The van der Waals surface area contributed by atoms with E-state index in [0.717, 1.165) is 5.69 Å². The summed E-state index contributed by atoms with van der Waals surface area (Å²) in [4.78, 5) is 13.3. The molecule has 8 heteroatoms. The number of nitrogens with one attached hydrogen (secondary N) is 1. The minimum absolute atomic E-state index is 0.321. The van der Waals surface area contributed by atoms with Crippen molar-refractivity contribution in [3.63, 3.8) is 0 Å². The van der Waals surface area contributed by atoms with E-state index in [9.17, 15) is 18.0 Å². The van der Waals surface area contributed by atoms with Crippen LogP contribution >= 0.6 is 11.6 Å². The fourth-order valence-electron chi connectivity index (χ4n) is 2.47.